The zero-order valence-corrected chi connectivity index (χ0v) is 21.8. The van der Waals surface area contributed by atoms with E-state index in [1.165, 1.54) is 0 Å². The molecule has 3 aliphatic heterocycles. The zero-order valence-electron chi connectivity index (χ0n) is 20.3. The molecule has 7 nitrogen and oxygen atoms in total. The van der Waals surface area contributed by atoms with Crippen molar-refractivity contribution < 1.29 is 14.7 Å². The number of carbonyl (C=O) groups excluding carboxylic acids is 2. The number of anilines is 1. The molecule has 1 N–H and O–H groups in total. The number of carbonyl (C=O) groups is 2. The maximum atomic E-state index is 13.6. The number of aliphatic hydroxyl groups excluding tert-OH is 1. The van der Waals surface area contributed by atoms with Crippen molar-refractivity contribution in [1.82, 2.24) is 14.7 Å². The molecular weight excluding hydrogens is 487 g/mol. The van der Waals surface area contributed by atoms with Crippen molar-refractivity contribution in [2.45, 2.75) is 57.1 Å². The van der Waals surface area contributed by atoms with Gasteiger partial charge >= 0.3 is 0 Å². The number of likely N-dealkylation sites (tertiary alicyclic amines) is 2. The average molecular weight is 524 g/mol. The van der Waals surface area contributed by atoms with E-state index in [0.717, 1.165) is 64.0 Å². The van der Waals surface area contributed by atoms with Crippen molar-refractivity contribution in [3.05, 3.63) is 28.2 Å². The molecule has 1 saturated carbocycles. The molecule has 192 valence electrons. The van der Waals surface area contributed by atoms with Crippen molar-refractivity contribution in [2.24, 2.45) is 5.41 Å². The predicted octanol–water partition coefficient (Wildman–Crippen LogP) is 3.26. The highest BCUT2D eigenvalue weighted by atomic mass is 35.5. The summed E-state index contributed by atoms with van der Waals surface area (Å²) in [7, 11) is 0. The smallest absolute Gasteiger partial charge is 0.245 e. The Labute approximate surface area is 217 Å². The van der Waals surface area contributed by atoms with Crippen molar-refractivity contribution >= 4 is 40.7 Å². The highest BCUT2D eigenvalue weighted by molar-refractivity contribution is 6.42. The number of rotatable bonds is 6. The minimum absolute atomic E-state index is 0.0284. The molecule has 2 amide bonds. The molecule has 1 spiro atoms. The molecule has 4 fully saturated rings. The van der Waals surface area contributed by atoms with Gasteiger partial charge in [0.05, 0.1) is 16.1 Å². The van der Waals surface area contributed by atoms with Crippen LogP contribution < -0.4 is 4.90 Å². The SMILES string of the molecule is O=C(C(CCN1CCC2(CC2)C(O)C1)N1CCN(c2ccc(Cl)c(Cl)c2)CCC1=O)N1CCCC1. The second kappa shape index (κ2) is 10.4. The van der Waals surface area contributed by atoms with E-state index >= 15 is 0 Å². The molecule has 3 heterocycles. The van der Waals surface area contributed by atoms with Gasteiger partial charge in [0, 0.05) is 57.9 Å². The summed E-state index contributed by atoms with van der Waals surface area (Å²) >= 11 is 12.3. The van der Waals surface area contributed by atoms with E-state index in [2.05, 4.69) is 9.80 Å². The van der Waals surface area contributed by atoms with E-state index in [-0.39, 0.29) is 23.3 Å². The molecule has 0 bridgehead atoms. The number of halogens is 2. The lowest BCUT2D eigenvalue weighted by Crippen LogP contribution is -2.53. The van der Waals surface area contributed by atoms with E-state index in [4.69, 9.17) is 23.2 Å². The molecule has 0 radical (unpaired) electrons. The number of hydrogen-bond acceptors (Lipinski definition) is 5. The van der Waals surface area contributed by atoms with Crippen LogP contribution in [0, 0.1) is 5.41 Å². The Hall–Kier alpha value is -1.54. The van der Waals surface area contributed by atoms with Crippen molar-refractivity contribution in [3.63, 3.8) is 0 Å². The second-order valence-electron chi connectivity index (χ2n) is 10.7. The lowest BCUT2D eigenvalue weighted by atomic mass is 9.90. The monoisotopic (exact) mass is 522 g/mol. The first-order chi connectivity index (χ1) is 16.9. The lowest BCUT2D eigenvalue weighted by molar-refractivity contribution is -0.145. The van der Waals surface area contributed by atoms with Gasteiger partial charge < -0.3 is 24.7 Å². The van der Waals surface area contributed by atoms with Crippen LogP contribution in [0.3, 0.4) is 0 Å². The lowest BCUT2D eigenvalue weighted by Gasteiger charge is -2.38. The summed E-state index contributed by atoms with van der Waals surface area (Å²) in [6.45, 7) is 5.61. The molecule has 1 aromatic carbocycles. The average Bonchev–Trinajstić information content (AvgIpc) is 3.47. The summed E-state index contributed by atoms with van der Waals surface area (Å²) in [5, 5.41) is 11.6. The number of benzene rings is 1. The molecule has 0 aromatic heterocycles. The van der Waals surface area contributed by atoms with Gasteiger partial charge in [-0.15, -0.1) is 0 Å². The standard InChI is InChI=1S/C26H36Cl2N4O3/c27-20-4-3-19(17-21(20)28)30-13-6-24(34)32(16-15-30)22(25(35)31-10-1-2-11-31)5-12-29-14-9-26(7-8-26)23(33)18-29/h3-4,17,22-23,33H,1-2,5-16,18H2. The van der Waals surface area contributed by atoms with Gasteiger partial charge in [0.2, 0.25) is 11.8 Å². The molecule has 2 atom stereocenters. The zero-order chi connectivity index (χ0) is 24.6. The highest BCUT2D eigenvalue weighted by Crippen LogP contribution is 2.53. The molecule has 2 unspecified atom stereocenters. The summed E-state index contributed by atoms with van der Waals surface area (Å²) in [4.78, 5) is 35.1. The minimum atomic E-state index is -0.455. The van der Waals surface area contributed by atoms with Crippen LogP contribution in [0.1, 0.15) is 44.9 Å². The largest absolute Gasteiger partial charge is 0.391 e. The van der Waals surface area contributed by atoms with Gasteiger partial charge in [-0.3, -0.25) is 9.59 Å². The normalized spacial score (nSPS) is 25.7. The summed E-state index contributed by atoms with van der Waals surface area (Å²) < 4.78 is 0. The Morgan fingerprint density at radius 2 is 1.80 bits per heavy atom. The van der Waals surface area contributed by atoms with Crippen LogP contribution in [0.5, 0.6) is 0 Å². The van der Waals surface area contributed by atoms with Crippen LogP contribution in [-0.2, 0) is 9.59 Å². The minimum Gasteiger partial charge on any atom is -0.391 e. The Balaban J connectivity index is 1.28. The first-order valence-corrected chi connectivity index (χ1v) is 13.8. The second-order valence-corrected chi connectivity index (χ2v) is 11.5. The van der Waals surface area contributed by atoms with Crippen LogP contribution in [0.25, 0.3) is 0 Å². The summed E-state index contributed by atoms with van der Waals surface area (Å²) in [5.74, 6) is 0.107. The van der Waals surface area contributed by atoms with Gasteiger partial charge in [-0.05, 0) is 68.7 Å². The summed E-state index contributed by atoms with van der Waals surface area (Å²) in [6, 6.07) is 5.09. The maximum Gasteiger partial charge on any atom is 0.245 e. The number of β-amino-alcohol motifs (C(OH)–C–C–N with tert-alkyl or cyclic N) is 1. The van der Waals surface area contributed by atoms with Gasteiger partial charge in [-0.2, -0.15) is 0 Å². The van der Waals surface area contributed by atoms with Crippen molar-refractivity contribution in [2.75, 3.05) is 57.3 Å². The van der Waals surface area contributed by atoms with E-state index in [0.29, 0.717) is 49.1 Å². The number of aliphatic hydroxyl groups is 1. The Kier molecular flexibility index (Phi) is 7.50. The number of amides is 2. The third-order valence-corrected chi connectivity index (χ3v) is 9.29. The molecule has 4 aliphatic rings. The van der Waals surface area contributed by atoms with E-state index < -0.39 is 6.04 Å². The quantitative estimate of drug-likeness (QED) is 0.620. The first-order valence-electron chi connectivity index (χ1n) is 13.0. The van der Waals surface area contributed by atoms with Gasteiger partial charge in [0.25, 0.3) is 0 Å². The van der Waals surface area contributed by atoms with Crippen molar-refractivity contribution in [1.29, 1.82) is 0 Å². The number of hydrogen-bond donors (Lipinski definition) is 1. The first kappa shape index (κ1) is 25.1. The van der Waals surface area contributed by atoms with Crippen LogP contribution in [-0.4, -0.2) is 96.1 Å². The fourth-order valence-corrected chi connectivity index (χ4v) is 6.29. The van der Waals surface area contributed by atoms with Gasteiger partial charge in [-0.1, -0.05) is 23.2 Å². The summed E-state index contributed by atoms with van der Waals surface area (Å²) in [5.41, 5.74) is 1.10. The Morgan fingerprint density at radius 3 is 2.49 bits per heavy atom. The fraction of sp³-hybridized carbons (Fsp3) is 0.692. The molecule has 1 aromatic rings. The fourth-order valence-electron chi connectivity index (χ4n) is 6.00. The molecule has 9 heteroatoms. The highest BCUT2D eigenvalue weighted by Gasteiger charge is 2.51. The van der Waals surface area contributed by atoms with Gasteiger partial charge in [-0.25, -0.2) is 0 Å². The Morgan fingerprint density at radius 1 is 1.03 bits per heavy atom. The third-order valence-electron chi connectivity index (χ3n) is 8.55. The third kappa shape index (κ3) is 5.43. The maximum absolute atomic E-state index is 13.6. The van der Waals surface area contributed by atoms with Crippen LogP contribution >= 0.6 is 23.2 Å². The summed E-state index contributed by atoms with van der Waals surface area (Å²) in [6.07, 6.45) is 6.03. The van der Waals surface area contributed by atoms with E-state index in [1.807, 2.05) is 21.9 Å². The Bertz CT molecular complexity index is 951. The molecular formula is C26H36Cl2N4O3. The molecule has 35 heavy (non-hydrogen) atoms. The van der Waals surface area contributed by atoms with Gasteiger partial charge in [0.1, 0.15) is 6.04 Å². The number of nitrogens with zero attached hydrogens (tertiary/aromatic N) is 4. The molecule has 3 saturated heterocycles. The van der Waals surface area contributed by atoms with Crippen LogP contribution in [0.4, 0.5) is 5.69 Å². The predicted molar refractivity (Wildman–Crippen MR) is 138 cm³/mol. The number of piperidine rings is 1. The van der Waals surface area contributed by atoms with E-state index in [1.54, 1.807) is 6.07 Å². The molecule has 5 rings (SSSR count). The topological polar surface area (TPSA) is 67.3 Å². The van der Waals surface area contributed by atoms with Crippen LogP contribution in [0.2, 0.25) is 10.0 Å². The molecule has 1 aliphatic carbocycles. The van der Waals surface area contributed by atoms with Crippen molar-refractivity contribution in [3.8, 4) is 0 Å². The van der Waals surface area contributed by atoms with E-state index in [9.17, 15) is 14.7 Å². The van der Waals surface area contributed by atoms with Crippen LogP contribution in [0.15, 0.2) is 18.2 Å². The van der Waals surface area contributed by atoms with Gasteiger partial charge in [0.15, 0.2) is 0 Å².